The summed E-state index contributed by atoms with van der Waals surface area (Å²) >= 11 is 0. The lowest BCUT2D eigenvalue weighted by molar-refractivity contribution is -0.181. The molecule has 0 amide bonds. The van der Waals surface area contributed by atoms with Gasteiger partial charge in [0.15, 0.2) is 5.96 Å². The molecule has 1 N–H and O–H groups in total. The van der Waals surface area contributed by atoms with Crippen molar-refractivity contribution in [3.05, 3.63) is 0 Å². The monoisotopic (exact) mass is 350 g/mol. The number of guanidine groups is 1. The quantitative estimate of drug-likeness (QED) is 0.433. The summed E-state index contributed by atoms with van der Waals surface area (Å²) < 4.78 is 44.0. The van der Waals surface area contributed by atoms with Crippen molar-refractivity contribution >= 4 is 5.96 Å². The van der Waals surface area contributed by atoms with Gasteiger partial charge in [-0.2, -0.15) is 13.2 Å². The Labute approximate surface area is 142 Å². The summed E-state index contributed by atoms with van der Waals surface area (Å²) in [6.07, 6.45) is -1.63. The highest BCUT2D eigenvalue weighted by Crippen LogP contribution is 2.28. The van der Waals surface area contributed by atoms with Crippen LogP contribution in [0.15, 0.2) is 4.99 Å². The first-order chi connectivity index (χ1) is 11.4. The Morgan fingerprint density at radius 3 is 2.46 bits per heavy atom. The molecule has 2 aliphatic rings. The van der Waals surface area contributed by atoms with E-state index in [1.165, 1.54) is 24.7 Å². The number of nitrogens with zero attached hydrogens (tertiary/aromatic N) is 3. The van der Waals surface area contributed by atoms with Crippen molar-refractivity contribution in [2.75, 3.05) is 52.5 Å². The van der Waals surface area contributed by atoms with Crippen LogP contribution in [0.1, 0.15) is 26.7 Å². The van der Waals surface area contributed by atoms with Gasteiger partial charge in [-0.15, -0.1) is 0 Å². The number of halogens is 3. The minimum Gasteiger partial charge on any atom is -0.379 e. The second kappa shape index (κ2) is 8.89. The molecule has 24 heavy (non-hydrogen) atoms. The lowest BCUT2D eigenvalue weighted by Gasteiger charge is -2.39. The van der Waals surface area contributed by atoms with Crippen molar-refractivity contribution in [1.29, 1.82) is 0 Å². The van der Waals surface area contributed by atoms with Gasteiger partial charge in [0, 0.05) is 39.3 Å². The lowest BCUT2D eigenvalue weighted by Crippen LogP contribution is -2.56. The Balaban J connectivity index is 1.76. The van der Waals surface area contributed by atoms with Gasteiger partial charge in [-0.3, -0.25) is 9.89 Å². The number of aliphatic imine (C=N–C) groups is 1. The second-order valence-electron chi connectivity index (χ2n) is 6.49. The number of piperazine rings is 1. The van der Waals surface area contributed by atoms with Crippen LogP contribution in [0.25, 0.3) is 0 Å². The van der Waals surface area contributed by atoms with Crippen molar-refractivity contribution < 1.29 is 17.9 Å². The predicted molar refractivity (Wildman–Crippen MR) is 88.2 cm³/mol. The molecule has 1 aliphatic heterocycles. The summed E-state index contributed by atoms with van der Waals surface area (Å²) in [5, 5.41) is 3.22. The van der Waals surface area contributed by atoms with Gasteiger partial charge >= 0.3 is 6.18 Å². The molecule has 1 heterocycles. The maximum atomic E-state index is 12.8. The number of hydrogen-bond acceptors (Lipinski definition) is 3. The van der Waals surface area contributed by atoms with Gasteiger partial charge in [-0.1, -0.05) is 0 Å². The maximum Gasteiger partial charge on any atom is 0.403 e. The zero-order chi connectivity index (χ0) is 17.6. The molecular weight excluding hydrogens is 321 g/mol. The van der Waals surface area contributed by atoms with E-state index in [2.05, 4.69) is 10.3 Å². The van der Waals surface area contributed by atoms with E-state index in [0.717, 1.165) is 25.0 Å². The molecule has 0 radical (unpaired) electrons. The molecule has 1 unspecified atom stereocenters. The van der Waals surface area contributed by atoms with Crippen LogP contribution in [-0.4, -0.2) is 80.5 Å². The second-order valence-corrected chi connectivity index (χ2v) is 6.49. The van der Waals surface area contributed by atoms with E-state index >= 15 is 0 Å². The third kappa shape index (κ3) is 6.12. The number of rotatable bonds is 7. The van der Waals surface area contributed by atoms with Crippen LogP contribution < -0.4 is 5.32 Å². The minimum absolute atomic E-state index is 0.392. The molecular formula is C16H29F3N4O. The van der Waals surface area contributed by atoms with E-state index in [1.54, 1.807) is 0 Å². The molecule has 1 aliphatic carbocycles. The highest BCUT2D eigenvalue weighted by Gasteiger charge is 2.41. The van der Waals surface area contributed by atoms with Crippen LogP contribution in [0, 0.1) is 5.92 Å². The molecule has 2 fully saturated rings. The van der Waals surface area contributed by atoms with Crippen molar-refractivity contribution in [3.8, 4) is 0 Å². The third-order valence-corrected chi connectivity index (χ3v) is 4.52. The molecule has 0 aromatic rings. The summed E-state index contributed by atoms with van der Waals surface area (Å²) in [6, 6.07) is -1.39. The molecule has 1 saturated heterocycles. The molecule has 1 atom stereocenters. The highest BCUT2D eigenvalue weighted by atomic mass is 19.4. The van der Waals surface area contributed by atoms with Crippen molar-refractivity contribution in [3.63, 3.8) is 0 Å². The fourth-order valence-corrected chi connectivity index (χ4v) is 2.70. The Kier molecular flexibility index (Phi) is 7.16. The first-order valence-electron chi connectivity index (χ1n) is 8.83. The molecule has 5 nitrogen and oxygen atoms in total. The molecule has 0 spiro atoms. The zero-order valence-corrected chi connectivity index (χ0v) is 14.6. The SMILES string of the molecule is CCNC(=NCCOCC1CC1)N1CCN(C(C)C(F)(F)F)CC1. The van der Waals surface area contributed by atoms with E-state index in [4.69, 9.17) is 4.74 Å². The first-order valence-corrected chi connectivity index (χ1v) is 8.83. The van der Waals surface area contributed by atoms with E-state index in [1.807, 2.05) is 11.8 Å². The molecule has 2 rings (SSSR count). The largest absolute Gasteiger partial charge is 0.403 e. The minimum atomic E-state index is -4.17. The Bertz CT molecular complexity index is 405. The van der Waals surface area contributed by atoms with Gasteiger partial charge in [0.05, 0.1) is 13.2 Å². The number of hydrogen-bond donors (Lipinski definition) is 1. The third-order valence-electron chi connectivity index (χ3n) is 4.52. The topological polar surface area (TPSA) is 40.1 Å². The van der Waals surface area contributed by atoms with Gasteiger partial charge in [-0.25, -0.2) is 0 Å². The number of alkyl halides is 3. The van der Waals surface area contributed by atoms with E-state index in [9.17, 15) is 13.2 Å². The van der Waals surface area contributed by atoms with Crippen LogP contribution in [0.3, 0.4) is 0 Å². The standard InChI is InChI=1S/C16H29F3N4O/c1-3-20-15(21-6-11-24-12-14-4-5-14)23-9-7-22(8-10-23)13(2)16(17,18)19/h13-14H,3-12H2,1-2H3,(H,20,21). The van der Waals surface area contributed by atoms with E-state index in [-0.39, 0.29) is 0 Å². The lowest BCUT2D eigenvalue weighted by atomic mass is 10.2. The fourth-order valence-electron chi connectivity index (χ4n) is 2.70. The molecule has 1 saturated carbocycles. The normalized spacial score (nSPS) is 21.9. The molecule has 0 aromatic heterocycles. The van der Waals surface area contributed by atoms with Crippen LogP contribution in [-0.2, 0) is 4.74 Å². The van der Waals surface area contributed by atoms with Crippen molar-refractivity contribution in [2.24, 2.45) is 10.9 Å². The molecule has 8 heteroatoms. The summed E-state index contributed by atoms with van der Waals surface area (Å²) in [5.41, 5.74) is 0. The van der Waals surface area contributed by atoms with E-state index < -0.39 is 12.2 Å². The van der Waals surface area contributed by atoms with Crippen molar-refractivity contribution in [2.45, 2.75) is 38.9 Å². The van der Waals surface area contributed by atoms with Crippen LogP contribution in [0.2, 0.25) is 0 Å². The number of ether oxygens (including phenoxy) is 1. The molecule has 0 bridgehead atoms. The van der Waals surface area contributed by atoms with Gasteiger partial charge < -0.3 is 15.0 Å². The highest BCUT2D eigenvalue weighted by molar-refractivity contribution is 5.80. The predicted octanol–water partition coefficient (Wildman–Crippen LogP) is 1.95. The summed E-state index contributed by atoms with van der Waals surface area (Å²) in [7, 11) is 0. The van der Waals surface area contributed by atoms with Gasteiger partial charge in [-0.05, 0) is 32.6 Å². The molecule has 140 valence electrons. The van der Waals surface area contributed by atoms with Crippen LogP contribution in [0.4, 0.5) is 13.2 Å². The van der Waals surface area contributed by atoms with Crippen molar-refractivity contribution in [1.82, 2.24) is 15.1 Å². The first kappa shape index (κ1) is 19.3. The van der Waals surface area contributed by atoms with Crippen LogP contribution in [0.5, 0.6) is 0 Å². The Hall–Kier alpha value is -1.02. The summed E-state index contributed by atoms with van der Waals surface area (Å²) in [4.78, 5) is 8.06. The number of nitrogens with one attached hydrogen (secondary N) is 1. The van der Waals surface area contributed by atoms with Gasteiger partial charge in [0.1, 0.15) is 6.04 Å². The fraction of sp³-hybridized carbons (Fsp3) is 0.938. The maximum absolute atomic E-state index is 12.8. The smallest absolute Gasteiger partial charge is 0.379 e. The molecule has 0 aromatic carbocycles. The Morgan fingerprint density at radius 1 is 1.25 bits per heavy atom. The Morgan fingerprint density at radius 2 is 1.92 bits per heavy atom. The van der Waals surface area contributed by atoms with Gasteiger partial charge in [0.2, 0.25) is 0 Å². The van der Waals surface area contributed by atoms with Crippen LogP contribution >= 0.6 is 0 Å². The zero-order valence-electron chi connectivity index (χ0n) is 14.6. The average molecular weight is 350 g/mol. The average Bonchev–Trinajstić information content (AvgIpc) is 3.36. The van der Waals surface area contributed by atoms with Gasteiger partial charge in [0.25, 0.3) is 0 Å². The summed E-state index contributed by atoms with van der Waals surface area (Å²) in [6.45, 7) is 7.83. The summed E-state index contributed by atoms with van der Waals surface area (Å²) in [5.74, 6) is 1.51. The van der Waals surface area contributed by atoms with E-state index in [0.29, 0.717) is 39.3 Å².